The Bertz CT molecular complexity index is 651. The monoisotopic (exact) mass is 504 g/mol. The van der Waals surface area contributed by atoms with E-state index in [0.717, 1.165) is 0 Å². The van der Waals surface area contributed by atoms with E-state index in [-0.39, 0.29) is 0 Å². The van der Waals surface area contributed by atoms with Crippen molar-refractivity contribution in [2.75, 3.05) is 26.4 Å². The summed E-state index contributed by atoms with van der Waals surface area (Å²) in [6, 6.07) is 0. The van der Waals surface area contributed by atoms with Crippen LogP contribution in [-0.2, 0) is 23.7 Å². The summed E-state index contributed by atoms with van der Waals surface area (Å²) in [5.41, 5.74) is 0. The summed E-state index contributed by atoms with van der Waals surface area (Å²) in [5, 5.41) is 109. The molecule has 0 saturated carbocycles. The lowest BCUT2D eigenvalue weighted by molar-refractivity contribution is -0.324. The molecule has 0 aromatic rings. The topological polar surface area (TPSA) is 269 Å². The highest BCUT2D eigenvalue weighted by Gasteiger charge is 2.57. The number of hydrogen-bond donors (Lipinski definition) is 11. The van der Waals surface area contributed by atoms with Gasteiger partial charge in [-0.1, -0.05) is 0 Å². The van der Waals surface area contributed by atoms with Crippen molar-refractivity contribution >= 4 is 0 Å². The van der Waals surface area contributed by atoms with E-state index in [9.17, 15) is 56.2 Å². The van der Waals surface area contributed by atoms with Gasteiger partial charge in [-0.15, -0.1) is 0 Å². The van der Waals surface area contributed by atoms with Crippen LogP contribution in [0.4, 0.5) is 0 Å². The fourth-order valence-corrected chi connectivity index (χ4v) is 4.01. The highest BCUT2D eigenvalue weighted by atomic mass is 16.8. The number of aliphatic hydroxyl groups excluding tert-OH is 10. The molecule has 16 heteroatoms. The molecule has 11 N–H and O–H groups in total. The molecular formula is C18H32O16. The summed E-state index contributed by atoms with van der Waals surface area (Å²) in [4.78, 5) is 0. The Kier molecular flexibility index (Phi) is 9.18. The average molecular weight is 504 g/mol. The summed E-state index contributed by atoms with van der Waals surface area (Å²) in [6.07, 6.45) is -21.3. The fourth-order valence-electron chi connectivity index (χ4n) is 4.01. The second-order valence-corrected chi connectivity index (χ2v) is 8.43. The third-order valence-electron chi connectivity index (χ3n) is 6.13. The lowest BCUT2D eigenvalue weighted by Gasteiger charge is -2.41. The predicted octanol–water partition coefficient (Wildman–Crippen LogP) is -7.57. The first-order valence-electron chi connectivity index (χ1n) is 10.6. The Morgan fingerprint density at radius 2 is 1.15 bits per heavy atom. The maximum Gasteiger partial charge on any atom is 0.219 e. The summed E-state index contributed by atoms with van der Waals surface area (Å²) >= 11 is 0. The number of hydrogen-bond acceptors (Lipinski definition) is 16. The van der Waals surface area contributed by atoms with Crippen LogP contribution in [0.25, 0.3) is 0 Å². The van der Waals surface area contributed by atoms with Gasteiger partial charge in [-0.2, -0.15) is 0 Å². The molecule has 3 aliphatic rings. The Balaban J connectivity index is 1.72. The van der Waals surface area contributed by atoms with Gasteiger partial charge >= 0.3 is 0 Å². The van der Waals surface area contributed by atoms with E-state index in [1.165, 1.54) is 0 Å². The highest BCUT2D eigenvalue weighted by Crippen LogP contribution is 2.35. The van der Waals surface area contributed by atoms with E-state index in [1.54, 1.807) is 0 Å². The van der Waals surface area contributed by atoms with Crippen molar-refractivity contribution in [2.45, 2.75) is 85.5 Å². The van der Waals surface area contributed by atoms with Crippen LogP contribution >= 0.6 is 0 Å². The molecule has 3 fully saturated rings. The molecule has 0 amide bonds. The second kappa shape index (κ2) is 11.2. The zero-order valence-corrected chi connectivity index (χ0v) is 17.8. The van der Waals surface area contributed by atoms with Crippen molar-refractivity contribution in [3.63, 3.8) is 0 Å². The molecule has 0 spiro atoms. The van der Waals surface area contributed by atoms with Crippen LogP contribution in [0, 0.1) is 0 Å². The Morgan fingerprint density at radius 1 is 0.647 bits per heavy atom. The quantitative estimate of drug-likeness (QED) is 0.146. The molecule has 0 aliphatic carbocycles. The summed E-state index contributed by atoms with van der Waals surface area (Å²) in [5.74, 6) is -2.55. The van der Waals surface area contributed by atoms with Crippen LogP contribution in [0.15, 0.2) is 0 Å². The molecule has 0 aromatic heterocycles. The predicted molar refractivity (Wildman–Crippen MR) is 101 cm³/mol. The molecule has 0 aromatic carbocycles. The van der Waals surface area contributed by atoms with Crippen LogP contribution in [0.1, 0.15) is 0 Å². The Labute approximate surface area is 192 Å². The van der Waals surface area contributed by atoms with Crippen molar-refractivity contribution in [3.8, 4) is 0 Å². The smallest absolute Gasteiger partial charge is 0.219 e. The molecule has 16 nitrogen and oxygen atoms in total. The summed E-state index contributed by atoms with van der Waals surface area (Å²) in [7, 11) is 0. The molecule has 0 radical (unpaired) electrons. The van der Waals surface area contributed by atoms with Gasteiger partial charge in [0.05, 0.1) is 26.4 Å². The van der Waals surface area contributed by atoms with Crippen LogP contribution in [0.5, 0.6) is 0 Å². The lowest BCUT2D eigenvalue weighted by atomic mass is 9.98. The Morgan fingerprint density at radius 3 is 1.65 bits per heavy atom. The van der Waals surface area contributed by atoms with Gasteiger partial charge in [0.1, 0.15) is 67.1 Å². The summed E-state index contributed by atoms with van der Waals surface area (Å²) < 4.78 is 26.5. The third-order valence-corrected chi connectivity index (χ3v) is 6.13. The molecule has 0 bridgehead atoms. The van der Waals surface area contributed by atoms with Gasteiger partial charge in [0.2, 0.25) is 5.79 Å². The van der Waals surface area contributed by atoms with E-state index < -0.39 is 112 Å². The molecular weight excluding hydrogens is 472 g/mol. The first kappa shape index (κ1) is 27.9. The fraction of sp³-hybridized carbons (Fsp3) is 1.00. The van der Waals surface area contributed by atoms with Gasteiger partial charge < -0.3 is 79.9 Å². The van der Waals surface area contributed by atoms with E-state index in [2.05, 4.69) is 0 Å². The van der Waals surface area contributed by atoms with E-state index in [1.807, 2.05) is 0 Å². The van der Waals surface area contributed by atoms with Crippen LogP contribution in [0.2, 0.25) is 0 Å². The van der Waals surface area contributed by atoms with Crippen molar-refractivity contribution in [3.05, 3.63) is 0 Å². The highest BCUT2D eigenvalue weighted by molar-refractivity contribution is 4.98. The minimum Gasteiger partial charge on any atom is -0.394 e. The molecule has 34 heavy (non-hydrogen) atoms. The molecule has 3 heterocycles. The molecule has 3 saturated heterocycles. The molecule has 200 valence electrons. The summed E-state index contributed by atoms with van der Waals surface area (Å²) in [6.45, 7) is -3.18. The first-order valence-corrected chi connectivity index (χ1v) is 10.6. The number of ether oxygens (including phenoxy) is 5. The largest absolute Gasteiger partial charge is 0.394 e. The normalized spacial score (nSPS) is 52.1. The maximum absolute atomic E-state index is 10.5. The maximum atomic E-state index is 10.5. The van der Waals surface area contributed by atoms with Gasteiger partial charge in [-0.25, -0.2) is 0 Å². The van der Waals surface area contributed by atoms with Gasteiger partial charge in [0, 0.05) is 0 Å². The van der Waals surface area contributed by atoms with Crippen LogP contribution < -0.4 is 0 Å². The average Bonchev–Trinajstić information content (AvgIpc) is 3.07. The van der Waals surface area contributed by atoms with Crippen molar-refractivity contribution in [1.82, 2.24) is 0 Å². The number of aliphatic hydroxyl groups is 11. The molecule has 1 unspecified atom stereocenters. The minimum atomic E-state index is -2.55. The van der Waals surface area contributed by atoms with E-state index >= 15 is 0 Å². The van der Waals surface area contributed by atoms with Crippen molar-refractivity contribution < 1.29 is 79.9 Å². The molecule has 14 atom stereocenters. The molecule has 3 aliphatic heterocycles. The van der Waals surface area contributed by atoms with Gasteiger partial charge in [-0.05, 0) is 0 Å². The Hall–Kier alpha value is -0.640. The first-order chi connectivity index (χ1) is 16.0. The van der Waals surface area contributed by atoms with Crippen molar-refractivity contribution in [2.24, 2.45) is 0 Å². The van der Waals surface area contributed by atoms with Crippen molar-refractivity contribution in [1.29, 1.82) is 0 Å². The SMILES string of the molecule is OC[C@H]1O[C@@H](OC[C@H]2OC(O)(CO)[C@@H](O)[C@@H]2O[C@@H]2O[C@H](CO)[C@H](O)[C@H](O)[C@H]2O)[C@H](O)[C@@H](O)[C@H]1O. The van der Waals surface area contributed by atoms with E-state index in [0.29, 0.717) is 0 Å². The van der Waals surface area contributed by atoms with Gasteiger partial charge in [0.25, 0.3) is 0 Å². The minimum absolute atomic E-state index is 0.621. The molecule has 3 rings (SSSR count). The van der Waals surface area contributed by atoms with E-state index in [4.69, 9.17) is 23.7 Å². The lowest BCUT2D eigenvalue weighted by Crippen LogP contribution is -2.61. The third kappa shape index (κ3) is 5.23. The van der Waals surface area contributed by atoms with Crippen LogP contribution in [-0.4, -0.2) is 168 Å². The van der Waals surface area contributed by atoms with Gasteiger partial charge in [-0.3, -0.25) is 0 Å². The van der Waals surface area contributed by atoms with Gasteiger partial charge in [0.15, 0.2) is 12.6 Å². The van der Waals surface area contributed by atoms with Crippen LogP contribution in [0.3, 0.4) is 0 Å². The standard InChI is InChI=1S/C18H32O16/c19-1-5-8(22)10(24)12(26)16(31-5)30-3-7-14(15(28)18(29,4-21)34-7)33-17-13(27)11(25)9(23)6(2-20)32-17/h5-17,19-29H,1-4H2/t5-,6-,7-,8+,9+,10+,11+,12-,13-,14-,15+,16-,17+,18?/m1/s1. The zero-order chi connectivity index (χ0) is 25.4. The number of rotatable bonds is 8. The zero-order valence-electron chi connectivity index (χ0n) is 17.8. The second-order valence-electron chi connectivity index (χ2n) is 8.43.